The van der Waals surface area contributed by atoms with Gasteiger partial charge >= 0.3 is 0 Å². The maximum atomic E-state index is 4.73. The molecule has 0 radical (unpaired) electrons. The number of rotatable bonds is 0. The lowest BCUT2D eigenvalue weighted by molar-refractivity contribution is 0.643. The molecule has 0 spiro atoms. The Morgan fingerprint density at radius 1 is 0.850 bits per heavy atom. The number of hydrogen-bond acceptors (Lipinski definition) is 2. The van der Waals surface area contributed by atoms with Gasteiger partial charge in [-0.25, -0.2) is 9.97 Å². The van der Waals surface area contributed by atoms with E-state index >= 15 is 0 Å². The quantitative estimate of drug-likeness (QED) is 0.604. The van der Waals surface area contributed by atoms with Gasteiger partial charge in [-0.2, -0.15) is 0 Å². The van der Waals surface area contributed by atoms with Gasteiger partial charge in [0.1, 0.15) is 5.82 Å². The molecular weight excluding hydrogens is 244 g/mol. The minimum absolute atomic E-state index is 0.0122. The molecule has 98 valence electrons. The summed E-state index contributed by atoms with van der Waals surface area (Å²) in [6.45, 7) is 6.53. The summed E-state index contributed by atoms with van der Waals surface area (Å²) in [5.74, 6) is 0.833. The van der Waals surface area contributed by atoms with E-state index in [4.69, 9.17) is 4.98 Å². The summed E-state index contributed by atoms with van der Waals surface area (Å²) >= 11 is 0. The van der Waals surface area contributed by atoms with Crippen LogP contribution in [0.3, 0.4) is 0 Å². The van der Waals surface area contributed by atoms with Gasteiger partial charge in [-0.15, -0.1) is 0 Å². The van der Waals surface area contributed by atoms with E-state index in [0.717, 1.165) is 17.0 Å². The normalized spacial score (nSPS) is 15.2. The molecule has 20 heavy (non-hydrogen) atoms. The zero-order chi connectivity index (χ0) is 13.9. The van der Waals surface area contributed by atoms with Crippen LogP contribution in [0.4, 0.5) is 0 Å². The fourth-order valence-corrected chi connectivity index (χ4v) is 3.39. The highest BCUT2D eigenvalue weighted by Crippen LogP contribution is 2.47. The van der Waals surface area contributed by atoms with Crippen molar-refractivity contribution >= 4 is 10.9 Å². The predicted molar refractivity (Wildman–Crippen MR) is 81.8 cm³/mol. The Hall–Kier alpha value is -2.22. The van der Waals surface area contributed by atoms with Crippen LogP contribution in [-0.2, 0) is 5.41 Å². The third kappa shape index (κ3) is 1.34. The highest BCUT2D eigenvalue weighted by Gasteiger charge is 2.34. The zero-order valence-corrected chi connectivity index (χ0v) is 11.9. The van der Waals surface area contributed by atoms with Gasteiger partial charge in [0, 0.05) is 16.4 Å². The van der Waals surface area contributed by atoms with E-state index in [1.807, 2.05) is 6.92 Å². The van der Waals surface area contributed by atoms with E-state index < -0.39 is 0 Å². The van der Waals surface area contributed by atoms with Crippen molar-refractivity contribution in [1.82, 2.24) is 9.97 Å². The molecule has 0 saturated carbocycles. The first kappa shape index (κ1) is 11.6. The summed E-state index contributed by atoms with van der Waals surface area (Å²) in [5.41, 5.74) is 6.03. The summed E-state index contributed by atoms with van der Waals surface area (Å²) in [6, 6.07) is 15.0. The molecule has 2 aromatic carbocycles. The Bertz CT molecular complexity index is 847. The van der Waals surface area contributed by atoms with Crippen molar-refractivity contribution in [2.45, 2.75) is 26.2 Å². The third-order valence-electron chi connectivity index (χ3n) is 4.36. The van der Waals surface area contributed by atoms with Gasteiger partial charge in [0.25, 0.3) is 0 Å². The van der Waals surface area contributed by atoms with Gasteiger partial charge in [0.05, 0.1) is 11.2 Å². The van der Waals surface area contributed by atoms with Crippen molar-refractivity contribution < 1.29 is 0 Å². The van der Waals surface area contributed by atoms with E-state index in [9.17, 15) is 0 Å². The van der Waals surface area contributed by atoms with Crippen LogP contribution in [0.5, 0.6) is 0 Å². The van der Waals surface area contributed by atoms with Crippen molar-refractivity contribution in [1.29, 1.82) is 0 Å². The highest BCUT2D eigenvalue weighted by atomic mass is 14.9. The number of benzene rings is 2. The molecule has 0 bridgehead atoms. The summed E-state index contributed by atoms with van der Waals surface area (Å²) < 4.78 is 0. The first-order valence-corrected chi connectivity index (χ1v) is 6.97. The molecule has 0 N–H and O–H groups in total. The number of hydrogen-bond donors (Lipinski definition) is 0. The number of fused-ring (bicyclic) bond motifs is 2. The van der Waals surface area contributed by atoms with E-state index in [2.05, 4.69) is 61.3 Å². The van der Waals surface area contributed by atoms with Crippen LogP contribution in [0.1, 0.15) is 30.8 Å². The molecule has 0 unspecified atom stereocenters. The minimum Gasteiger partial charge on any atom is -0.233 e. The second kappa shape index (κ2) is 3.66. The van der Waals surface area contributed by atoms with Crippen molar-refractivity contribution in [2.24, 2.45) is 0 Å². The van der Waals surface area contributed by atoms with Crippen LogP contribution in [0, 0.1) is 6.92 Å². The van der Waals surface area contributed by atoms with Gasteiger partial charge in [-0.05, 0) is 24.1 Å². The summed E-state index contributed by atoms with van der Waals surface area (Å²) in [5, 5.41) is 1.21. The topological polar surface area (TPSA) is 25.8 Å². The zero-order valence-electron chi connectivity index (χ0n) is 11.9. The van der Waals surface area contributed by atoms with Crippen LogP contribution in [0.2, 0.25) is 0 Å². The summed E-state index contributed by atoms with van der Waals surface area (Å²) in [6.07, 6.45) is 0. The molecule has 2 heteroatoms. The van der Waals surface area contributed by atoms with Gasteiger partial charge in [-0.3, -0.25) is 0 Å². The molecule has 2 nitrogen and oxygen atoms in total. The molecule has 3 aromatic rings. The van der Waals surface area contributed by atoms with Crippen molar-refractivity contribution in [3.63, 3.8) is 0 Å². The van der Waals surface area contributed by atoms with Crippen LogP contribution in [-0.4, -0.2) is 9.97 Å². The van der Waals surface area contributed by atoms with Gasteiger partial charge < -0.3 is 0 Å². The van der Waals surface area contributed by atoms with Crippen LogP contribution in [0.15, 0.2) is 42.5 Å². The lowest BCUT2D eigenvalue weighted by atomic mass is 9.70. The SMILES string of the molecule is Cc1nc2c3c(cccc3n1)C(C)(C)c1ccccc1-2. The average Bonchev–Trinajstić information content (AvgIpc) is 2.44. The first-order valence-electron chi connectivity index (χ1n) is 6.97. The molecule has 1 heterocycles. The molecule has 1 aliphatic carbocycles. The predicted octanol–water partition coefficient (Wildman–Crippen LogP) is 4.24. The largest absolute Gasteiger partial charge is 0.233 e. The third-order valence-corrected chi connectivity index (χ3v) is 4.36. The lowest BCUT2D eigenvalue weighted by Crippen LogP contribution is -2.24. The molecule has 4 rings (SSSR count). The van der Waals surface area contributed by atoms with Crippen molar-refractivity contribution in [3.8, 4) is 11.3 Å². The number of nitrogens with zero attached hydrogens (tertiary/aromatic N) is 2. The Kier molecular flexibility index (Phi) is 2.12. The molecule has 0 aliphatic heterocycles. The molecule has 0 atom stereocenters. The van der Waals surface area contributed by atoms with Gasteiger partial charge in [0.2, 0.25) is 0 Å². The number of aryl methyl sites for hydroxylation is 1. The molecular formula is C18H16N2. The molecule has 0 amide bonds. The molecule has 0 saturated heterocycles. The Morgan fingerprint density at radius 3 is 2.45 bits per heavy atom. The van der Waals surface area contributed by atoms with Crippen molar-refractivity contribution in [3.05, 3.63) is 59.4 Å². The monoisotopic (exact) mass is 260 g/mol. The lowest BCUT2D eigenvalue weighted by Gasteiger charge is -2.34. The Morgan fingerprint density at radius 2 is 1.60 bits per heavy atom. The second-order valence-corrected chi connectivity index (χ2v) is 5.99. The van der Waals surface area contributed by atoms with Crippen LogP contribution >= 0.6 is 0 Å². The first-order chi connectivity index (χ1) is 9.59. The van der Waals surface area contributed by atoms with E-state index in [1.165, 1.54) is 22.1 Å². The number of aromatic nitrogens is 2. The van der Waals surface area contributed by atoms with E-state index in [1.54, 1.807) is 0 Å². The Labute approximate surface area is 118 Å². The Balaban J connectivity index is 2.28. The fourth-order valence-electron chi connectivity index (χ4n) is 3.39. The highest BCUT2D eigenvalue weighted by molar-refractivity contribution is 5.99. The summed E-state index contributed by atoms with van der Waals surface area (Å²) in [7, 11) is 0. The van der Waals surface area contributed by atoms with Crippen LogP contribution < -0.4 is 0 Å². The standard InChI is InChI=1S/C18H16N2/c1-11-19-15-10-6-9-14-16(15)17(20-11)12-7-4-5-8-13(12)18(14,2)3/h4-10H,1-3H3. The van der Waals surface area contributed by atoms with E-state index in [-0.39, 0.29) is 5.41 Å². The molecule has 1 aliphatic rings. The summed E-state index contributed by atoms with van der Waals surface area (Å²) in [4.78, 5) is 9.33. The average molecular weight is 260 g/mol. The molecule has 1 aromatic heterocycles. The van der Waals surface area contributed by atoms with Gasteiger partial charge in [-0.1, -0.05) is 50.2 Å². The van der Waals surface area contributed by atoms with Gasteiger partial charge in [0.15, 0.2) is 0 Å². The van der Waals surface area contributed by atoms with E-state index in [0.29, 0.717) is 0 Å². The smallest absolute Gasteiger partial charge is 0.126 e. The minimum atomic E-state index is -0.0122. The maximum absolute atomic E-state index is 4.73. The second-order valence-electron chi connectivity index (χ2n) is 5.99. The fraction of sp³-hybridized carbons (Fsp3) is 0.222. The van der Waals surface area contributed by atoms with Crippen molar-refractivity contribution in [2.75, 3.05) is 0 Å². The maximum Gasteiger partial charge on any atom is 0.126 e. The van der Waals surface area contributed by atoms with Crippen LogP contribution in [0.25, 0.3) is 22.2 Å². The molecule has 0 fully saturated rings.